The first-order chi connectivity index (χ1) is 14.6. The fourth-order valence-electron chi connectivity index (χ4n) is 3.81. The zero-order chi connectivity index (χ0) is 22.8. The van der Waals surface area contributed by atoms with E-state index in [0.717, 1.165) is 22.4 Å². The quantitative estimate of drug-likeness (QED) is 0.653. The molecule has 0 N–H and O–H groups in total. The van der Waals surface area contributed by atoms with Crippen LogP contribution < -0.4 is 4.74 Å². The van der Waals surface area contributed by atoms with Gasteiger partial charge in [-0.3, -0.25) is 4.79 Å². The summed E-state index contributed by atoms with van der Waals surface area (Å²) in [6.45, 7) is 8.33. The lowest BCUT2D eigenvalue weighted by Crippen LogP contribution is -2.37. The summed E-state index contributed by atoms with van der Waals surface area (Å²) in [6, 6.07) is 15.6. The highest BCUT2D eigenvalue weighted by atomic mass is 32.2. The van der Waals surface area contributed by atoms with E-state index in [0.29, 0.717) is 13.0 Å². The summed E-state index contributed by atoms with van der Waals surface area (Å²) in [4.78, 5) is 14.6. The van der Waals surface area contributed by atoms with Gasteiger partial charge in [-0.25, -0.2) is 8.42 Å². The van der Waals surface area contributed by atoms with Crippen molar-refractivity contribution in [1.29, 1.82) is 0 Å². The fraction of sp³-hybridized carbons (Fsp3) is 0.458. The Morgan fingerprint density at radius 3 is 2.16 bits per heavy atom. The van der Waals surface area contributed by atoms with E-state index in [1.54, 1.807) is 18.9 Å². The lowest BCUT2D eigenvalue weighted by atomic mass is 9.86. The Kier molecular flexibility index (Phi) is 6.76. The number of hydrogen-bond acceptors (Lipinski definition) is 4. The van der Waals surface area contributed by atoms with Crippen molar-refractivity contribution >= 4 is 15.9 Å². The van der Waals surface area contributed by atoms with Crippen LogP contribution in [0.2, 0.25) is 0 Å². The summed E-state index contributed by atoms with van der Waals surface area (Å²) in [7, 11) is -1.92. The summed E-state index contributed by atoms with van der Waals surface area (Å²) in [5, 5.41) is 0. The molecule has 6 nitrogen and oxygen atoms in total. The maximum atomic E-state index is 12.9. The summed E-state index contributed by atoms with van der Waals surface area (Å²) < 4.78 is 32.1. The van der Waals surface area contributed by atoms with Crippen LogP contribution in [0.15, 0.2) is 48.5 Å². The number of rotatable bonds is 7. The molecule has 2 aromatic carbocycles. The highest BCUT2D eigenvalue weighted by Gasteiger charge is 2.44. The van der Waals surface area contributed by atoms with Gasteiger partial charge in [-0.05, 0) is 47.6 Å². The van der Waals surface area contributed by atoms with Gasteiger partial charge in [0.15, 0.2) is 0 Å². The van der Waals surface area contributed by atoms with Crippen LogP contribution in [0, 0.1) is 0 Å². The number of amides is 1. The first-order valence-electron chi connectivity index (χ1n) is 10.6. The number of carbonyl (C=O) groups excluding carboxylic acids is 1. The maximum absolute atomic E-state index is 12.9. The van der Waals surface area contributed by atoms with E-state index in [4.69, 9.17) is 4.74 Å². The van der Waals surface area contributed by atoms with Crippen LogP contribution in [0.3, 0.4) is 0 Å². The minimum atomic E-state index is -3.54. The largest absolute Gasteiger partial charge is 0.497 e. The molecule has 1 amide bonds. The monoisotopic (exact) mass is 444 g/mol. The Morgan fingerprint density at radius 2 is 1.65 bits per heavy atom. The van der Waals surface area contributed by atoms with Crippen molar-refractivity contribution in [2.75, 3.05) is 26.0 Å². The number of nitrogens with zero attached hydrogens (tertiary/aromatic N) is 2. The molecule has 1 unspecified atom stereocenters. The molecule has 0 aliphatic carbocycles. The van der Waals surface area contributed by atoms with Crippen LogP contribution in [-0.4, -0.2) is 49.5 Å². The third-order valence-corrected chi connectivity index (χ3v) is 7.55. The molecule has 1 atom stereocenters. The minimum Gasteiger partial charge on any atom is -0.497 e. The lowest BCUT2D eigenvalue weighted by Gasteiger charge is -2.30. The van der Waals surface area contributed by atoms with E-state index < -0.39 is 16.2 Å². The maximum Gasteiger partial charge on any atom is 0.239 e. The highest BCUT2D eigenvalue weighted by molar-refractivity contribution is 7.89. The van der Waals surface area contributed by atoms with Gasteiger partial charge in [-0.1, -0.05) is 57.2 Å². The van der Waals surface area contributed by atoms with Gasteiger partial charge in [0.1, 0.15) is 11.9 Å². The van der Waals surface area contributed by atoms with E-state index >= 15 is 0 Å². The molecule has 7 heteroatoms. The molecule has 168 valence electrons. The molecule has 31 heavy (non-hydrogen) atoms. The topological polar surface area (TPSA) is 66.9 Å². The minimum absolute atomic E-state index is 0.00669. The molecule has 1 aliphatic rings. The van der Waals surface area contributed by atoms with E-state index in [1.165, 1.54) is 4.31 Å². The van der Waals surface area contributed by atoms with Crippen molar-refractivity contribution in [2.45, 2.75) is 45.7 Å². The average molecular weight is 445 g/mol. The Labute approximate surface area is 185 Å². The van der Waals surface area contributed by atoms with Crippen molar-refractivity contribution in [3.05, 3.63) is 65.2 Å². The van der Waals surface area contributed by atoms with Crippen molar-refractivity contribution in [3.63, 3.8) is 0 Å². The lowest BCUT2D eigenvalue weighted by molar-refractivity contribution is -0.128. The third kappa shape index (κ3) is 5.10. The molecule has 2 aromatic rings. The smallest absolute Gasteiger partial charge is 0.239 e. The summed E-state index contributed by atoms with van der Waals surface area (Å²) in [5.41, 5.74) is 3.03. The van der Waals surface area contributed by atoms with Crippen molar-refractivity contribution < 1.29 is 17.9 Å². The molecule has 0 aromatic heterocycles. The fourth-order valence-corrected chi connectivity index (χ4v) is 4.99. The molecule has 0 spiro atoms. The number of carbonyl (C=O) groups is 1. The zero-order valence-corrected chi connectivity index (χ0v) is 19.8. The first kappa shape index (κ1) is 23.3. The molecule has 3 rings (SSSR count). The van der Waals surface area contributed by atoms with Gasteiger partial charge in [0.2, 0.25) is 15.9 Å². The van der Waals surface area contributed by atoms with E-state index in [-0.39, 0.29) is 23.6 Å². The number of sulfonamides is 1. The van der Waals surface area contributed by atoms with Gasteiger partial charge >= 0.3 is 0 Å². The third-order valence-electron chi connectivity index (χ3n) is 5.78. The molecular weight excluding hydrogens is 412 g/mol. The Balaban J connectivity index is 1.90. The Bertz CT molecular complexity index is 1010. The van der Waals surface area contributed by atoms with Crippen LogP contribution in [-0.2, 0) is 26.7 Å². The zero-order valence-electron chi connectivity index (χ0n) is 19.0. The van der Waals surface area contributed by atoms with E-state index in [1.807, 2.05) is 48.5 Å². The molecule has 1 saturated heterocycles. The Morgan fingerprint density at radius 1 is 1.03 bits per heavy atom. The molecule has 0 radical (unpaired) electrons. The summed E-state index contributed by atoms with van der Waals surface area (Å²) in [5.74, 6) is 0.567. The molecule has 0 bridgehead atoms. The predicted octanol–water partition coefficient (Wildman–Crippen LogP) is 3.73. The van der Waals surface area contributed by atoms with Gasteiger partial charge in [-0.2, -0.15) is 4.31 Å². The number of hydrogen-bond donors (Lipinski definition) is 0. The van der Waals surface area contributed by atoms with Crippen LogP contribution in [0.25, 0.3) is 0 Å². The van der Waals surface area contributed by atoms with Gasteiger partial charge in [0.25, 0.3) is 0 Å². The molecule has 1 aliphatic heterocycles. The highest BCUT2D eigenvalue weighted by Crippen LogP contribution is 2.35. The number of benzene rings is 2. The van der Waals surface area contributed by atoms with Crippen LogP contribution in [0.4, 0.5) is 0 Å². The standard InChI is InChI=1S/C24H32N2O4S/c1-6-31(28,29)26-17-22(27)25(16-15-18-7-13-21(30-5)14-8-18)23(26)19-9-11-20(12-10-19)24(2,3)4/h7-14,23H,6,15-17H2,1-5H3. The number of methoxy groups -OCH3 is 1. The van der Waals surface area contributed by atoms with Crippen LogP contribution >= 0.6 is 0 Å². The van der Waals surface area contributed by atoms with Gasteiger partial charge < -0.3 is 9.64 Å². The van der Waals surface area contributed by atoms with E-state index in [2.05, 4.69) is 20.8 Å². The van der Waals surface area contributed by atoms with Crippen molar-refractivity contribution in [1.82, 2.24) is 9.21 Å². The first-order valence-corrected chi connectivity index (χ1v) is 12.2. The Hall–Kier alpha value is -2.38. The summed E-state index contributed by atoms with van der Waals surface area (Å²) >= 11 is 0. The summed E-state index contributed by atoms with van der Waals surface area (Å²) in [6.07, 6.45) is 0.0106. The second-order valence-electron chi connectivity index (χ2n) is 8.88. The molecular formula is C24H32N2O4S. The second-order valence-corrected chi connectivity index (χ2v) is 11.1. The normalized spacial score (nSPS) is 17.9. The van der Waals surface area contributed by atoms with Gasteiger partial charge in [0, 0.05) is 6.54 Å². The van der Waals surface area contributed by atoms with Crippen LogP contribution in [0.5, 0.6) is 5.75 Å². The van der Waals surface area contributed by atoms with Gasteiger partial charge in [0.05, 0.1) is 19.4 Å². The van der Waals surface area contributed by atoms with Crippen molar-refractivity contribution in [2.24, 2.45) is 0 Å². The van der Waals surface area contributed by atoms with Gasteiger partial charge in [-0.15, -0.1) is 0 Å². The predicted molar refractivity (Wildman–Crippen MR) is 122 cm³/mol. The van der Waals surface area contributed by atoms with E-state index in [9.17, 15) is 13.2 Å². The average Bonchev–Trinajstić information content (AvgIpc) is 3.09. The molecule has 1 heterocycles. The number of ether oxygens (including phenoxy) is 1. The molecule has 0 saturated carbocycles. The van der Waals surface area contributed by atoms with Crippen molar-refractivity contribution in [3.8, 4) is 5.75 Å². The van der Waals surface area contributed by atoms with Crippen LogP contribution in [0.1, 0.15) is 50.6 Å². The molecule has 1 fully saturated rings. The second kappa shape index (κ2) is 9.01. The SMILES string of the molecule is CCS(=O)(=O)N1CC(=O)N(CCc2ccc(OC)cc2)C1c1ccc(C(C)(C)C)cc1.